The van der Waals surface area contributed by atoms with Gasteiger partial charge in [0.05, 0.1) is 37.9 Å². The molecule has 0 aliphatic carbocycles. The fraction of sp³-hybridized carbons (Fsp3) is 0.318. The number of hydrogen-bond acceptors (Lipinski definition) is 4. The van der Waals surface area contributed by atoms with E-state index < -0.39 is 0 Å². The Morgan fingerprint density at radius 2 is 1.90 bits per heavy atom. The molecule has 1 saturated heterocycles. The fourth-order valence-electron chi connectivity index (χ4n) is 3.59. The molecule has 6 nitrogen and oxygen atoms in total. The topological polar surface area (TPSA) is 64.2 Å². The molecule has 1 aliphatic heterocycles. The summed E-state index contributed by atoms with van der Waals surface area (Å²) >= 11 is 1.50. The zero-order valence-corrected chi connectivity index (χ0v) is 17.6. The van der Waals surface area contributed by atoms with Gasteiger partial charge in [-0.25, -0.2) is 9.67 Å². The lowest BCUT2D eigenvalue weighted by atomic mass is 10.1. The molecule has 1 aromatic carbocycles. The van der Waals surface area contributed by atoms with Gasteiger partial charge < -0.3 is 10.2 Å². The second-order valence-corrected chi connectivity index (χ2v) is 8.64. The first-order chi connectivity index (χ1) is 14.1. The van der Waals surface area contributed by atoms with Crippen LogP contribution in [0.1, 0.15) is 34.8 Å². The molecular formula is C22H26N5OS+. The van der Waals surface area contributed by atoms with Crippen LogP contribution in [0.2, 0.25) is 0 Å². The van der Waals surface area contributed by atoms with Crippen molar-refractivity contribution in [3.05, 3.63) is 66.0 Å². The third-order valence-corrected chi connectivity index (χ3v) is 6.34. The summed E-state index contributed by atoms with van der Waals surface area (Å²) < 4.78 is 1.97. The normalized spacial score (nSPS) is 19.1. The lowest BCUT2D eigenvalue weighted by Crippen LogP contribution is -3.10. The third kappa shape index (κ3) is 4.68. The van der Waals surface area contributed by atoms with E-state index in [9.17, 15) is 4.79 Å². The molecule has 1 aliphatic rings. The molecule has 4 rings (SSSR count). The number of quaternary nitrogens is 1. The van der Waals surface area contributed by atoms with E-state index in [1.165, 1.54) is 17.3 Å². The van der Waals surface area contributed by atoms with Crippen LogP contribution in [0, 0.1) is 6.92 Å². The summed E-state index contributed by atoms with van der Waals surface area (Å²) in [5, 5.41) is 8.23. The quantitative estimate of drug-likeness (QED) is 0.681. The predicted octanol–water partition coefficient (Wildman–Crippen LogP) is 2.84. The van der Waals surface area contributed by atoms with E-state index in [1.807, 2.05) is 28.9 Å². The van der Waals surface area contributed by atoms with E-state index in [0.29, 0.717) is 16.6 Å². The number of amides is 1. The number of aryl methyl sites for hydroxylation is 1. The summed E-state index contributed by atoms with van der Waals surface area (Å²) in [6.45, 7) is 4.30. The van der Waals surface area contributed by atoms with Crippen LogP contribution in [-0.4, -0.2) is 40.8 Å². The Balaban J connectivity index is 1.51. The van der Waals surface area contributed by atoms with E-state index in [1.54, 1.807) is 23.4 Å². The van der Waals surface area contributed by atoms with Crippen LogP contribution in [0.25, 0.3) is 0 Å². The molecule has 0 atom stereocenters. The van der Waals surface area contributed by atoms with Crippen LogP contribution in [0.5, 0.6) is 0 Å². The van der Waals surface area contributed by atoms with E-state index in [2.05, 4.69) is 41.5 Å². The number of nitrogens with one attached hydrogen (secondary N) is 2. The Hall–Kier alpha value is -2.64. The Morgan fingerprint density at radius 1 is 1.14 bits per heavy atom. The van der Waals surface area contributed by atoms with Gasteiger partial charge in [0.2, 0.25) is 0 Å². The molecule has 7 heteroatoms. The number of benzene rings is 1. The van der Waals surface area contributed by atoms with Crippen molar-refractivity contribution in [2.75, 3.05) is 25.5 Å². The number of nitrogens with zero attached hydrogens (tertiary/aromatic N) is 3. The van der Waals surface area contributed by atoms with E-state index in [4.69, 9.17) is 0 Å². The smallest absolute Gasteiger partial charge is 0.259 e. The lowest BCUT2D eigenvalue weighted by molar-refractivity contribution is -0.885. The van der Waals surface area contributed by atoms with Crippen LogP contribution in [0.15, 0.2) is 64.8 Å². The predicted molar refractivity (Wildman–Crippen MR) is 115 cm³/mol. The van der Waals surface area contributed by atoms with Crippen molar-refractivity contribution in [2.24, 2.45) is 0 Å². The molecule has 1 fully saturated rings. The van der Waals surface area contributed by atoms with Gasteiger partial charge in [-0.1, -0.05) is 29.5 Å². The SMILES string of the molecule is Cc1ccc(Sc2ncccc2C(=O)Nc2ccnn2C2CC[NH+](C)CC2)cc1. The summed E-state index contributed by atoms with van der Waals surface area (Å²) in [7, 11) is 2.22. The average molecular weight is 409 g/mol. The molecule has 2 aromatic heterocycles. The number of rotatable bonds is 5. The minimum atomic E-state index is -0.159. The molecule has 0 bridgehead atoms. The monoisotopic (exact) mass is 408 g/mol. The first-order valence-corrected chi connectivity index (χ1v) is 10.8. The van der Waals surface area contributed by atoms with Gasteiger partial charge in [-0.05, 0) is 31.2 Å². The highest BCUT2D eigenvalue weighted by molar-refractivity contribution is 7.99. The number of anilines is 1. The largest absolute Gasteiger partial charge is 0.337 e. The van der Waals surface area contributed by atoms with Gasteiger partial charge in [0.25, 0.3) is 5.91 Å². The van der Waals surface area contributed by atoms with Gasteiger partial charge in [0.15, 0.2) is 0 Å². The Morgan fingerprint density at radius 3 is 2.66 bits per heavy atom. The fourth-order valence-corrected chi connectivity index (χ4v) is 4.47. The summed E-state index contributed by atoms with van der Waals surface area (Å²) in [4.78, 5) is 20.1. The van der Waals surface area contributed by atoms with E-state index in [0.717, 1.165) is 36.6 Å². The van der Waals surface area contributed by atoms with Crippen LogP contribution in [0.4, 0.5) is 5.82 Å². The molecule has 0 radical (unpaired) electrons. The van der Waals surface area contributed by atoms with Crippen LogP contribution in [-0.2, 0) is 0 Å². The van der Waals surface area contributed by atoms with Crippen molar-refractivity contribution >= 4 is 23.5 Å². The molecule has 0 saturated carbocycles. The van der Waals surface area contributed by atoms with Crippen LogP contribution < -0.4 is 10.2 Å². The van der Waals surface area contributed by atoms with Crippen LogP contribution in [0.3, 0.4) is 0 Å². The van der Waals surface area contributed by atoms with E-state index >= 15 is 0 Å². The van der Waals surface area contributed by atoms with Crippen molar-refractivity contribution in [1.29, 1.82) is 0 Å². The molecular weight excluding hydrogens is 382 g/mol. The standard InChI is InChI=1S/C22H25N5OS/c1-16-5-7-18(8-6-16)29-22-19(4-3-12-23-22)21(28)25-20-9-13-24-27(20)17-10-14-26(2)15-11-17/h3-9,12-13,17H,10-11,14-15H2,1-2H3,(H,25,28)/p+1. The Bertz CT molecular complexity index is 977. The number of hydrogen-bond donors (Lipinski definition) is 2. The second kappa shape index (κ2) is 8.80. The molecule has 3 aromatic rings. The number of pyridine rings is 1. The average Bonchev–Trinajstić information content (AvgIpc) is 3.19. The maximum absolute atomic E-state index is 13.1. The van der Waals surface area contributed by atoms with E-state index in [-0.39, 0.29) is 5.91 Å². The molecule has 29 heavy (non-hydrogen) atoms. The Kier molecular flexibility index (Phi) is 5.97. The maximum atomic E-state index is 13.1. The van der Waals surface area contributed by atoms with Gasteiger partial charge in [-0.15, -0.1) is 0 Å². The van der Waals surface area contributed by atoms with Crippen molar-refractivity contribution in [2.45, 2.75) is 35.7 Å². The third-order valence-electron chi connectivity index (χ3n) is 5.32. The van der Waals surface area contributed by atoms with Crippen molar-refractivity contribution in [1.82, 2.24) is 14.8 Å². The number of aromatic nitrogens is 3. The molecule has 0 unspecified atom stereocenters. The first kappa shape index (κ1) is 19.7. The van der Waals surface area contributed by atoms with Crippen molar-refractivity contribution in [3.63, 3.8) is 0 Å². The summed E-state index contributed by atoms with van der Waals surface area (Å²) in [6, 6.07) is 14.0. The summed E-state index contributed by atoms with van der Waals surface area (Å²) in [5.41, 5.74) is 1.77. The van der Waals surface area contributed by atoms with Gasteiger partial charge in [0, 0.05) is 30.0 Å². The highest BCUT2D eigenvalue weighted by Gasteiger charge is 2.24. The van der Waals surface area contributed by atoms with Crippen molar-refractivity contribution < 1.29 is 9.69 Å². The number of likely N-dealkylation sites (tertiary alicyclic amines) is 1. The first-order valence-electron chi connectivity index (χ1n) is 9.96. The molecule has 0 spiro atoms. The van der Waals surface area contributed by atoms with Gasteiger partial charge in [-0.3, -0.25) is 4.79 Å². The summed E-state index contributed by atoms with van der Waals surface area (Å²) in [5.74, 6) is 0.586. The Labute approximate surface area is 175 Å². The molecule has 3 heterocycles. The zero-order chi connectivity index (χ0) is 20.2. The maximum Gasteiger partial charge on any atom is 0.259 e. The number of carbonyl (C=O) groups excluding carboxylic acids is 1. The van der Waals surface area contributed by atoms with Crippen LogP contribution >= 0.6 is 11.8 Å². The van der Waals surface area contributed by atoms with Gasteiger partial charge >= 0.3 is 0 Å². The number of piperidine rings is 1. The van der Waals surface area contributed by atoms with Gasteiger partial charge in [-0.2, -0.15) is 5.10 Å². The second-order valence-electron chi connectivity index (χ2n) is 7.57. The number of carbonyl (C=O) groups is 1. The minimum absolute atomic E-state index is 0.159. The molecule has 150 valence electrons. The highest BCUT2D eigenvalue weighted by Crippen LogP contribution is 2.29. The zero-order valence-electron chi connectivity index (χ0n) is 16.8. The summed E-state index contributed by atoms with van der Waals surface area (Å²) in [6.07, 6.45) is 5.61. The van der Waals surface area contributed by atoms with Gasteiger partial charge in [0.1, 0.15) is 10.8 Å². The minimum Gasteiger partial charge on any atom is -0.337 e. The highest BCUT2D eigenvalue weighted by atomic mass is 32.2. The lowest BCUT2D eigenvalue weighted by Gasteiger charge is -2.27. The molecule has 2 N–H and O–H groups in total. The van der Waals surface area contributed by atoms with Crippen molar-refractivity contribution in [3.8, 4) is 0 Å². The molecule has 1 amide bonds.